The second kappa shape index (κ2) is 4.51. The van der Waals surface area contributed by atoms with E-state index in [0.29, 0.717) is 12.4 Å². The Hall–Kier alpha value is -1.35. The Morgan fingerprint density at radius 1 is 1.58 bits per heavy atom. The highest BCUT2D eigenvalue weighted by Crippen LogP contribution is 2.07. The van der Waals surface area contributed by atoms with E-state index in [1.807, 2.05) is 24.3 Å². The zero-order valence-electron chi connectivity index (χ0n) is 7.03. The highest BCUT2D eigenvalue weighted by atomic mass is 16.5. The molecule has 0 atom stereocenters. The molecule has 3 nitrogen and oxygen atoms in total. The van der Waals surface area contributed by atoms with Gasteiger partial charge in [-0.1, -0.05) is 12.1 Å². The second-order valence-electron chi connectivity index (χ2n) is 2.24. The summed E-state index contributed by atoms with van der Waals surface area (Å²) in [6, 6.07) is 5.59. The number of hydrogen-bond donors (Lipinski definition) is 1. The molecule has 0 saturated carbocycles. The van der Waals surface area contributed by atoms with Gasteiger partial charge in [0.05, 0.1) is 12.8 Å². The number of rotatable bonds is 3. The Labute approximate surface area is 71.9 Å². The lowest BCUT2D eigenvalue weighted by Gasteiger charge is -1.98. The van der Waals surface area contributed by atoms with E-state index in [-0.39, 0.29) is 0 Å². The molecule has 2 N–H and O–H groups in total. The number of aromatic nitrogens is 1. The number of ether oxygens (including phenoxy) is 1. The van der Waals surface area contributed by atoms with Crippen LogP contribution in [0.25, 0.3) is 6.08 Å². The number of methoxy groups -OCH3 is 1. The van der Waals surface area contributed by atoms with Gasteiger partial charge < -0.3 is 10.5 Å². The van der Waals surface area contributed by atoms with Crippen LogP contribution in [0, 0.1) is 0 Å². The second-order valence-corrected chi connectivity index (χ2v) is 2.24. The van der Waals surface area contributed by atoms with Crippen molar-refractivity contribution in [2.75, 3.05) is 13.7 Å². The molecule has 0 aromatic carbocycles. The van der Waals surface area contributed by atoms with Gasteiger partial charge in [-0.3, -0.25) is 0 Å². The van der Waals surface area contributed by atoms with E-state index in [1.54, 1.807) is 13.2 Å². The normalized spacial score (nSPS) is 10.5. The summed E-state index contributed by atoms with van der Waals surface area (Å²) in [4.78, 5) is 4.16. The summed E-state index contributed by atoms with van der Waals surface area (Å²) in [6.45, 7) is 0.527. The molecule has 1 heterocycles. The molecule has 0 aliphatic carbocycles. The Bertz CT molecular complexity index is 271. The van der Waals surface area contributed by atoms with Crippen LogP contribution in [0.3, 0.4) is 0 Å². The van der Waals surface area contributed by atoms with Crippen LogP contribution in [0.5, 0.6) is 5.88 Å². The minimum absolute atomic E-state index is 0.527. The first kappa shape index (κ1) is 8.74. The highest BCUT2D eigenvalue weighted by molar-refractivity contribution is 5.45. The minimum Gasteiger partial charge on any atom is -0.481 e. The van der Waals surface area contributed by atoms with Crippen molar-refractivity contribution in [3.05, 3.63) is 30.0 Å². The number of pyridine rings is 1. The molecular weight excluding hydrogens is 152 g/mol. The van der Waals surface area contributed by atoms with Crippen LogP contribution < -0.4 is 10.5 Å². The van der Waals surface area contributed by atoms with Crippen LogP contribution in [0.2, 0.25) is 0 Å². The van der Waals surface area contributed by atoms with Crippen molar-refractivity contribution in [2.45, 2.75) is 0 Å². The van der Waals surface area contributed by atoms with Gasteiger partial charge in [-0.25, -0.2) is 4.98 Å². The molecule has 0 amide bonds. The monoisotopic (exact) mass is 164 g/mol. The van der Waals surface area contributed by atoms with Crippen LogP contribution in [0.4, 0.5) is 0 Å². The first-order valence-corrected chi connectivity index (χ1v) is 3.74. The van der Waals surface area contributed by atoms with Gasteiger partial charge in [-0.15, -0.1) is 0 Å². The fraction of sp³-hybridized carbons (Fsp3) is 0.222. The molecule has 64 valence electrons. The van der Waals surface area contributed by atoms with E-state index in [0.717, 1.165) is 5.69 Å². The summed E-state index contributed by atoms with van der Waals surface area (Å²) >= 11 is 0. The Morgan fingerprint density at radius 3 is 3.08 bits per heavy atom. The van der Waals surface area contributed by atoms with Crippen LogP contribution in [0.1, 0.15) is 5.69 Å². The minimum atomic E-state index is 0.527. The predicted octanol–water partition coefficient (Wildman–Crippen LogP) is 1.06. The zero-order chi connectivity index (χ0) is 8.81. The predicted molar refractivity (Wildman–Crippen MR) is 48.9 cm³/mol. The third kappa shape index (κ3) is 2.36. The molecule has 3 heteroatoms. The van der Waals surface area contributed by atoms with Gasteiger partial charge in [0.15, 0.2) is 0 Å². The molecule has 0 aliphatic heterocycles. The van der Waals surface area contributed by atoms with E-state index >= 15 is 0 Å². The summed E-state index contributed by atoms with van der Waals surface area (Å²) in [5, 5.41) is 0. The standard InChI is InChI=1S/C9H12N2O/c1-12-9-6-2-4-8(11-9)5-3-7-10/h2-6H,7,10H2,1H3. The van der Waals surface area contributed by atoms with Gasteiger partial charge in [0.2, 0.25) is 5.88 Å². The number of nitrogens with two attached hydrogens (primary N) is 1. The largest absolute Gasteiger partial charge is 0.481 e. The molecule has 0 aliphatic rings. The fourth-order valence-electron chi connectivity index (χ4n) is 0.826. The first-order chi connectivity index (χ1) is 5.86. The molecule has 0 spiro atoms. The summed E-state index contributed by atoms with van der Waals surface area (Å²) in [6.07, 6.45) is 3.71. The third-order valence-electron chi connectivity index (χ3n) is 1.38. The molecule has 0 radical (unpaired) electrons. The molecule has 12 heavy (non-hydrogen) atoms. The SMILES string of the molecule is COc1cccc(C=CCN)n1. The molecule has 1 aromatic rings. The van der Waals surface area contributed by atoms with Crippen LogP contribution >= 0.6 is 0 Å². The van der Waals surface area contributed by atoms with E-state index in [4.69, 9.17) is 10.5 Å². The Balaban J connectivity index is 2.79. The molecule has 0 unspecified atom stereocenters. The Morgan fingerprint density at radius 2 is 2.42 bits per heavy atom. The third-order valence-corrected chi connectivity index (χ3v) is 1.38. The van der Waals surface area contributed by atoms with Crippen molar-refractivity contribution in [1.82, 2.24) is 4.98 Å². The highest BCUT2D eigenvalue weighted by Gasteiger charge is 1.91. The van der Waals surface area contributed by atoms with Crippen molar-refractivity contribution >= 4 is 6.08 Å². The van der Waals surface area contributed by atoms with Crippen molar-refractivity contribution in [2.24, 2.45) is 5.73 Å². The molecule has 1 rings (SSSR count). The fourth-order valence-corrected chi connectivity index (χ4v) is 0.826. The molecule has 0 bridgehead atoms. The smallest absolute Gasteiger partial charge is 0.213 e. The lowest BCUT2D eigenvalue weighted by atomic mass is 10.3. The average molecular weight is 164 g/mol. The molecule has 0 fully saturated rings. The molecule has 0 saturated heterocycles. The van der Waals surface area contributed by atoms with Crippen LogP contribution in [-0.4, -0.2) is 18.6 Å². The van der Waals surface area contributed by atoms with Gasteiger partial charge in [0.25, 0.3) is 0 Å². The average Bonchev–Trinajstić information content (AvgIpc) is 2.15. The van der Waals surface area contributed by atoms with Crippen molar-refractivity contribution in [3.63, 3.8) is 0 Å². The quantitative estimate of drug-likeness (QED) is 0.726. The van der Waals surface area contributed by atoms with Gasteiger partial charge in [-0.2, -0.15) is 0 Å². The van der Waals surface area contributed by atoms with E-state index in [9.17, 15) is 0 Å². The van der Waals surface area contributed by atoms with E-state index in [2.05, 4.69) is 4.98 Å². The zero-order valence-corrected chi connectivity index (χ0v) is 7.03. The number of hydrogen-bond acceptors (Lipinski definition) is 3. The van der Waals surface area contributed by atoms with Gasteiger partial charge >= 0.3 is 0 Å². The summed E-state index contributed by atoms with van der Waals surface area (Å²) in [5.74, 6) is 0.620. The topological polar surface area (TPSA) is 48.1 Å². The van der Waals surface area contributed by atoms with Crippen LogP contribution in [-0.2, 0) is 0 Å². The Kier molecular flexibility index (Phi) is 3.29. The molecular formula is C9H12N2O. The maximum atomic E-state index is 5.30. The maximum Gasteiger partial charge on any atom is 0.213 e. The lowest BCUT2D eigenvalue weighted by Crippen LogP contribution is -1.93. The lowest BCUT2D eigenvalue weighted by molar-refractivity contribution is 0.397. The summed E-state index contributed by atoms with van der Waals surface area (Å²) in [5.41, 5.74) is 6.16. The van der Waals surface area contributed by atoms with Crippen molar-refractivity contribution in [1.29, 1.82) is 0 Å². The van der Waals surface area contributed by atoms with Gasteiger partial charge in [0.1, 0.15) is 0 Å². The summed E-state index contributed by atoms with van der Waals surface area (Å²) < 4.78 is 4.96. The van der Waals surface area contributed by atoms with E-state index in [1.165, 1.54) is 0 Å². The van der Waals surface area contributed by atoms with Crippen LogP contribution in [0.15, 0.2) is 24.3 Å². The molecule has 1 aromatic heterocycles. The summed E-state index contributed by atoms with van der Waals surface area (Å²) in [7, 11) is 1.60. The van der Waals surface area contributed by atoms with E-state index < -0.39 is 0 Å². The number of nitrogens with zero attached hydrogens (tertiary/aromatic N) is 1. The van der Waals surface area contributed by atoms with Gasteiger partial charge in [-0.05, 0) is 12.1 Å². The maximum absolute atomic E-state index is 5.30. The first-order valence-electron chi connectivity index (χ1n) is 3.74. The van der Waals surface area contributed by atoms with Gasteiger partial charge in [0, 0.05) is 12.6 Å². The van der Waals surface area contributed by atoms with Crippen molar-refractivity contribution < 1.29 is 4.74 Å². The van der Waals surface area contributed by atoms with Crippen molar-refractivity contribution in [3.8, 4) is 5.88 Å².